The van der Waals surface area contributed by atoms with Crippen molar-refractivity contribution in [3.8, 4) is 0 Å². The summed E-state index contributed by atoms with van der Waals surface area (Å²) in [6.07, 6.45) is 4.65. The lowest BCUT2D eigenvalue weighted by Gasteiger charge is -2.08. The molecule has 1 heterocycles. The average Bonchev–Trinajstić information content (AvgIpc) is 2.52. The van der Waals surface area contributed by atoms with Crippen LogP contribution in [-0.4, -0.2) is 51.2 Å². The highest BCUT2D eigenvalue weighted by Gasteiger charge is 1.95. The molecule has 1 rings (SSSR count). The van der Waals surface area contributed by atoms with Gasteiger partial charge in [0.1, 0.15) is 0 Å². The fourth-order valence-corrected chi connectivity index (χ4v) is 1.65. The summed E-state index contributed by atoms with van der Waals surface area (Å²) in [5, 5.41) is 0. The van der Waals surface area contributed by atoms with Crippen LogP contribution in [0.4, 0.5) is 0 Å². The zero-order valence-electron chi connectivity index (χ0n) is 13.8. The molecule has 0 amide bonds. The number of nitrogens with zero attached hydrogens (tertiary/aromatic N) is 1. The van der Waals surface area contributed by atoms with Crippen LogP contribution in [0.5, 0.6) is 0 Å². The van der Waals surface area contributed by atoms with Crippen LogP contribution in [0.1, 0.15) is 25.8 Å². The summed E-state index contributed by atoms with van der Waals surface area (Å²) in [6, 6.07) is 3.89. The van der Waals surface area contributed by atoms with Crippen molar-refractivity contribution < 1.29 is 18.9 Å². The number of pyridine rings is 1. The first kappa shape index (κ1) is 19.0. The fourth-order valence-electron chi connectivity index (χ4n) is 1.65. The zero-order chi connectivity index (χ0) is 15.9. The molecule has 0 aliphatic carbocycles. The standard InChI is InChI=1S/C17H29NO4/c1-16(2)5-7-19-8-9-20-10-11-21-12-13-22-15-17-4-3-6-18-14-17/h3-4,6,14,16H,5,7-13,15H2,1-2H3. The minimum absolute atomic E-state index is 0.571. The van der Waals surface area contributed by atoms with Crippen LogP contribution in [0.3, 0.4) is 0 Å². The maximum atomic E-state index is 5.49. The van der Waals surface area contributed by atoms with Gasteiger partial charge in [0, 0.05) is 19.0 Å². The molecular weight excluding hydrogens is 282 g/mol. The lowest BCUT2D eigenvalue weighted by Crippen LogP contribution is -2.12. The first-order valence-electron chi connectivity index (χ1n) is 7.99. The first-order chi connectivity index (χ1) is 10.8. The molecule has 0 fully saturated rings. The molecule has 0 aliphatic rings. The van der Waals surface area contributed by atoms with Crippen molar-refractivity contribution in [2.24, 2.45) is 5.92 Å². The minimum Gasteiger partial charge on any atom is -0.379 e. The summed E-state index contributed by atoms with van der Waals surface area (Å²) in [5.41, 5.74) is 1.07. The number of ether oxygens (including phenoxy) is 4. The molecule has 1 aromatic rings. The van der Waals surface area contributed by atoms with Crippen LogP contribution in [0.15, 0.2) is 24.5 Å². The van der Waals surface area contributed by atoms with Gasteiger partial charge < -0.3 is 18.9 Å². The molecule has 0 unspecified atom stereocenters. The summed E-state index contributed by atoms with van der Waals surface area (Å²) in [6.45, 7) is 9.38. The van der Waals surface area contributed by atoms with E-state index in [2.05, 4.69) is 18.8 Å². The summed E-state index contributed by atoms with van der Waals surface area (Å²) in [4.78, 5) is 4.03. The second-order valence-electron chi connectivity index (χ2n) is 5.43. The Balaban J connectivity index is 1.75. The maximum absolute atomic E-state index is 5.49. The molecule has 0 bridgehead atoms. The third-order valence-corrected chi connectivity index (χ3v) is 2.95. The van der Waals surface area contributed by atoms with Crippen molar-refractivity contribution >= 4 is 0 Å². The second-order valence-corrected chi connectivity index (χ2v) is 5.43. The summed E-state index contributed by atoms with van der Waals surface area (Å²) in [5.74, 6) is 0.690. The van der Waals surface area contributed by atoms with Gasteiger partial charge >= 0.3 is 0 Å². The largest absolute Gasteiger partial charge is 0.379 e. The Morgan fingerprint density at radius 3 is 2.00 bits per heavy atom. The Morgan fingerprint density at radius 1 is 0.864 bits per heavy atom. The van der Waals surface area contributed by atoms with E-state index in [1.807, 2.05) is 12.1 Å². The van der Waals surface area contributed by atoms with Crippen LogP contribution < -0.4 is 0 Å². The smallest absolute Gasteiger partial charge is 0.0732 e. The average molecular weight is 311 g/mol. The van der Waals surface area contributed by atoms with Crippen molar-refractivity contribution in [2.45, 2.75) is 26.9 Å². The van der Waals surface area contributed by atoms with Gasteiger partial charge in [-0.25, -0.2) is 0 Å². The molecule has 0 spiro atoms. The van der Waals surface area contributed by atoms with Crippen molar-refractivity contribution in [3.63, 3.8) is 0 Å². The molecule has 0 atom stereocenters. The monoisotopic (exact) mass is 311 g/mol. The van der Waals surface area contributed by atoms with Crippen LogP contribution in [0, 0.1) is 5.92 Å². The van der Waals surface area contributed by atoms with Gasteiger partial charge in [0.25, 0.3) is 0 Å². The normalized spacial score (nSPS) is 11.2. The molecule has 0 saturated carbocycles. The van der Waals surface area contributed by atoms with Crippen molar-refractivity contribution in [1.29, 1.82) is 0 Å². The molecule has 22 heavy (non-hydrogen) atoms. The van der Waals surface area contributed by atoms with E-state index in [0.717, 1.165) is 18.6 Å². The molecule has 0 N–H and O–H groups in total. The third kappa shape index (κ3) is 11.6. The minimum atomic E-state index is 0.571. The Labute approximate surface area is 133 Å². The topological polar surface area (TPSA) is 49.8 Å². The summed E-state index contributed by atoms with van der Waals surface area (Å²) >= 11 is 0. The molecule has 0 saturated heterocycles. The number of aromatic nitrogens is 1. The van der Waals surface area contributed by atoms with E-state index < -0.39 is 0 Å². The Kier molecular flexibility index (Phi) is 11.8. The van der Waals surface area contributed by atoms with Crippen molar-refractivity contribution in [3.05, 3.63) is 30.1 Å². The van der Waals surface area contributed by atoms with E-state index in [4.69, 9.17) is 18.9 Å². The lowest BCUT2D eigenvalue weighted by atomic mass is 10.1. The van der Waals surface area contributed by atoms with Crippen molar-refractivity contribution in [1.82, 2.24) is 4.98 Å². The van der Waals surface area contributed by atoms with Crippen LogP contribution in [0.2, 0.25) is 0 Å². The van der Waals surface area contributed by atoms with E-state index in [9.17, 15) is 0 Å². The molecular formula is C17H29NO4. The van der Waals surface area contributed by atoms with Gasteiger partial charge in [-0.1, -0.05) is 19.9 Å². The molecule has 0 aromatic carbocycles. The highest BCUT2D eigenvalue weighted by molar-refractivity contribution is 5.06. The van der Waals surface area contributed by atoms with Crippen LogP contribution >= 0.6 is 0 Å². The lowest BCUT2D eigenvalue weighted by molar-refractivity contribution is -0.00494. The van der Waals surface area contributed by atoms with Crippen molar-refractivity contribution in [2.75, 3.05) is 46.2 Å². The van der Waals surface area contributed by atoms with Gasteiger partial charge in [0.15, 0.2) is 0 Å². The number of hydrogen-bond donors (Lipinski definition) is 0. The molecule has 126 valence electrons. The fraction of sp³-hybridized carbons (Fsp3) is 0.706. The molecule has 5 nitrogen and oxygen atoms in total. The summed E-state index contributed by atoms with van der Waals surface area (Å²) < 4.78 is 21.8. The zero-order valence-corrected chi connectivity index (χ0v) is 13.8. The van der Waals surface area contributed by atoms with Gasteiger partial charge in [0.05, 0.1) is 46.2 Å². The van der Waals surface area contributed by atoms with Gasteiger partial charge in [-0.2, -0.15) is 0 Å². The van der Waals surface area contributed by atoms with Crippen LogP contribution in [0.25, 0.3) is 0 Å². The predicted molar refractivity (Wildman–Crippen MR) is 85.8 cm³/mol. The van der Waals surface area contributed by atoms with E-state index >= 15 is 0 Å². The third-order valence-electron chi connectivity index (χ3n) is 2.95. The van der Waals surface area contributed by atoms with Gasteiger partial charge in [0.2, 0.25) is 0 Å². The molecule has 0 aliphatic heterocycles. The summed E-state index contributed by atoms with van der Waals surface area (Å²) in [7, 11) is 0. The highest BCUT2D eigenvalue weighted by Crippen LogP contribution is 1.99. The number of hydrogen-bond acceptors (Lipinski definition) is 5. The first-order valence-corrected chi connectivity index (χ1v) is 7.99. The van der Waals surface area contributed by atoms with E-state index in [0.29, 0.717) is 52.2 Å². The second kappa shape index (κ2) is 13.6. The van der Waals surface area contributed by atoms with Gasteiger partial charge in [-0.3, -0.25) is 4.98 Å². The molecule has 0 radical (unpaired) electrons. The Hall–Kier alpha value is -1.01. The van der Waals surface area contributed by atoms with Crippen LogP contribution in [-0.2, 0) is 25.6 Å². The van der Waals surface area contributed by atoms with E-state index in [1.54, 1.807) is 12.4 Å². The van der Waals surface area contributed by atoms with Gasteiger partial charge in [-0.05, 0) is 24.0 Å². The van der Waals surface area contributed by atoms with E-state index in [1.165, 1.54) is 0 Å². The van der Waals surface area contributed by atoms with Gasteiger partial charge in [-0.15, -0.1) is 0 Å². The maximum Gasteiger partial charge on any atom is 0.0732 e. The Morgan fingerprint density at radius 2 is 1.45 bits per heavy atom. The molecule has 1 aromatic heterocycles. The molecule has 5 heteroatoms. The SMILES string of the molecule is CC(C)CCOCCOCCOCCOCc1cccnc1. The Bertz CT molecular complexity index is 346. The highest BCUT2D eigenvalue weighted by atomic mass is 16.6. The quantitative estimate of drug-likeness (QED) is 0.494. The van der Waals surface area contributed by atoms with E-state index in [-0.39, 0.29) is 0 Å². The number of rotatable bonds is 14. The predicted octanol–water partition coefficient (Wildman–Crippen LogP) is 2.69.